The Kier molecular flexibility index (Phi) is 6.20. The molecule has 0 saturated carbocycles. The molecule has 2 atom stereocenters. The van der Waals surface area contributed by atoms with Gasteiger partial charge in [0, 0.05) is 13.0 Å². The molecule has 0 N–H and O–H groups in total. The van der Waals surface area contributed by atoms with Crippen molar-refractivity contribution >= 4 is 37.9 Å². The maximum absolute atomic E-state index is 5.91. The van der Waals surface area contributed by atoms with Crippen LogP contribution in [0.25, 0.3) is 0 Å². The Bertz CT molecular complexity index is 329. The van der Waals surface area contributed by atoms with Gasteiger partial charge in [-0.3, -0.25) is 4.99 Å². The summed E-state index contributed by atoms with van der Waals surface area (Å²) >= 11 is 8.04. The summed E-state index contributed by atoms with van der Waals surface area (Å²) in [4.78, 5) is 4.24. The van der Waals surface area contributed by atoms with E-state index in [-0.39, 0.29) is 11.8 Å². The van der Waals surface area contributed by atoms with E-state index in [0.717, 1.165) is 35.3 Å². The van der Waals surface area contributed by atoms with Crippen molar-refractivity contribution in [2.45, 2.75) is 37.5 Å². The molecule has 18 heavy (non-hydrogen) atoms. The molecule has 1 fully saturated rings. The largest absolute Gasteiger partial charge is 0.489 e. The third kappa shape index (κ3) is 4.68. The third-order valence-corrected chi connectivity index (χ3v) is 3.82. The van der Waals surface area contributed by atoms with Crippen molar-refractivity contribution in [1.29, 1.82) is 0 Å². The number of hydrogen-bond acceptors (Lipinski definition) is 4. The van der Waals surface area contributed by atoms with Crippen LogP contribution in [0, 0.1) is 0 Å². The predicted molar refractivity (Wildman–Crippen MR) is 79.3 cm³/mol. The molecule has 0 aromatic carbocycles. The Hall–Kier alpha value is 0.150. The Balaban J connectivity index is 1.62. The summed E-state index contributed by atoms with van der Waals surface area (Å²) in [6.07, 6.45) is 5.94. The quantitative estimate of drug-likeness (QED) is 0.316. The normalized spacial score (nSPS) is 28.6. The van der Waals surface area contributed by atoms with Gasteiger partial charge < -0.3 is 14.2 Å². The van der Waals surface area contributed by atoms with Crippen molar-refractivity contribution in [2.24, 2.45) is 4.99 Å². The Labute approximate surface area is 126 Å². The number of dihydropyridines is 1. The average molecular weight is 386 g/mol. The minimum Gasteiger partial charge on any atom is -0.489 e. The van der Waals surface area contributed by atoms with E-state index in [2.05, 4.69) is 27.6 Å². The van der Waals surface area contributed by atoms with Gasteiger partial charge in [-0.2, -0.15) is 0 Å². The van der Waals surface area contributed by atoms with E-state index in [4.69, 9.17) is 25.8 Å². The number of ether oxygens (including phenoxy) is 3. The third-order valence-electron chi connectivity index (χ3n) is 2.74. The van der Waals surface area contributed by atoms with E-state index < -0.39 is 0 Å². The van der Waals surface area contributed by atoms with Crippen LogP contribution in [0.3, 0.4) is 0 Å². The van der Waals surface area contributed by atoms with E-state index in [1.165, 1.54) is 6.42 Å². The number of hydrogen-bond donors (Lipinski definition) is 0. The molecule has 4 nitrogen and oxygen atoms in total. The molecule has 2 rings (SSSR count). The van der Waals surface area contributed by atoms with Crippen LogP contribution >= 0.6 is 34.2 Å². The van der Waals surface area contributed by atoms with Gasteiger partial charge in [0.15, 0.2) is 6.29 Å². The highest BCUT2D eigenvalue weighted by Gasteiger charge is 2.16. The first-order valence-corrected chi connectivity index (χ1v) is 7.71. The lowest BCUT2D eigenvalue weighted by atomic mass is 10.2. The van der Waals surface area contributed by atoms with E-state index in [9.17, 15) is 0 Å². The molecule has 0 aromatic rings. The lowest BCUT2D eigenvalue weighted by molar-refractivity contribution is -0.167. The lowest BCUT2D eigenvalue weighted by Crippen LogP contribution is -2.24. The summed E-state index contributed by atoms with van der Waals surface area (Å²) in [5, 5.41) is 0. The highest BCUT2D eigenvalue weighted by atomic mass is 127. The van der Waals surface area contributed by atoms with Gasteiger partial charge in [0.2, 0.25) is 0 Å². The zero-order valence-corrected chi connectivity index (χ0v) is 13.0. The number of nitrogens with zero attached hydrogens (tertiary/aromatic N) is 1. The fourth-order valence-electron chi connectivity index (χ4n) is 1.82. The highest BCUT2D eigenvalue weighted by Crippen LogP contribution is 2.20. The van der Waals surface area contributed by atoms with Crippen LogP contribution in [0.5, 0.6) is 0 Å². The minimum atomic E-state index is -0.156. The molecule has 1 saturated heterocycles. The summed E-state index contributed by atoms with van der Waals surface area (Å²) in [7, 11) is 0. The summed E-state index contributed by atoms with van der Waals surface area (Å²) in [6, 6.07) is 0. The topological polar surface area (TPSA) is 40.0 Å². The van der Waals surface area contributed by atoms with Crippen molar-refractivity contribution in [3.63, 3.8) is 0 Å². The highest BCUT2D eigenvalue weighted by molar-refractivity contribution is 14.1. The number of aliphatic imine (C=N–C) groups is 1. The van der Waals surface area contributed by atoms with Crippen molar-refractivity contribution in [3.05, 3.63) is 11.8 Å². The fraction of sp³-hybridized carbons (Fsp3) is 0.750. The smallest absolute Gasteiger partial charge is 0.157 e. The molecule has 0 bridgehead atoms. The van der Waals surface area contributed by atoms with Gasteiger partial charge in [0.25, 0.3) is 0 Å². The second-order valence-corrected chi connectivity index (χ2v) is 5.70. The molecule has 0 radical (unpaired) electrons. The molecule has 102 valence electrons. The summed E-state index contributed by atoms with van der Waals surface area (Å²) in [5.41, 5.74) is -0.156. The summed E-state index contributed by atoms with van der Waals surface area (Å²) in [5.74, 6) is 0.806. The minimum absolute atomic E-state index is 0.0531. The second-order valence-electron chi connectivity index (χ2n) is 4.17. The van der Waals surface area contributed by atoms with E-state index in [0.29, 0.717) is 13.2 Å². The van der Waals surface area contributed by atoms with Crippen LogP contribution in [0.1, 0.15) is 25.7 Å². The van der Waals surface area contributed by atoms with Gasteiger partial charge in [-0.1, -0.05) is 11.6 Å². The zero-order chi connectivity index (χ0) is 12.8. The van der Waals surface area contributed by atoms with Crippen molar-refractivity contribution in [1.82, 2.24) is 0 Å². The number of rotatable bonds is 5. The Morgan fingerprint density at radius 1 is 1.44 bits per heavy atom. The maximum Gasteiger partial charge on any atom is 0.157 e. The predicted octanol–water partition coefficient (Wildman–Crippen LogP) is 3.23. The van der Waals surface area contributed by atoms with Gasteiger partial charge in [-0.05, 0) is 47.9 Å². The van der Waals surface area contributed by atoms with Gasteiger partial charge >= 0.3 is 0 Å². The van der Waals surface area contributed by atoms with Crippen molar-refractivity contribution in [2.75, 3.05) is 19.8 Å². The molecule has 0 aliphatic carbocycles. The van der Waals surface area contributed by atoms with Gasteiger partial charge in [0.05, 0.1) is 6.61 Å². The molecular formula is C12H17ClINO3. The fourth-order valence-corrected chi connectivity index (χ4v) is 2.88. The van der Waals surface area contributed by atoms with Crippen LogP contribution in [-0.4, -0.2) is 35.3 Å². The van der Waals surface area contributed by atoms with E-state index in [1.807, 2.05) is 6.08 Å². The molecule has 2 aliphatic heterocycles. The Morgan fingerprint density at radius 2 is 2.33 bits per heavy atom. The number of alkyl halides is 1. The Morgan fingerprint density at radius 3 is 3.06 bits per heavy atom. The zero-order valence-electron chi connectivity index (χ0n) is 10.1. The first-order valence-electron chi connectivity index (χ1n) is 6.19. The van der Waals surface area contributed by atoms with Crippen LogP contribution in [0.2, 0.25) is 0 Å². The first kappa shape index (κ1) is 14.6. The van der Waals surface area contributed by atoms with E-state index >= 15 is 0 Å². The summed E-state index contributed by atoms with van der Waals surface area (Å²) in [6.45, 7) is 1.86. The summed E-state index contributed by atoms with van der Waals surface area (Å²) < 4.78 is 17.5. The van der Waals surface area contributed by atoms with Gasteiger partial charge in [-0.25, -0.2) is 0 Å². The molecule has 2 unspecified atom stereocenters. The number of halogens is 2. The SMILES string of the molecule is ClC1CC=C(OCCOC2CCCCO2)C(I)=N1. The van der Waals surface area contributed by atoms with Gasteiger partial charge in [-0.15, -0.1) is 0 Å². The average Bonchev–Trinajstić information content (AvgIpc) is 2.38. The molecule has 0 amide bonds. The van der Waals surface area contributed by atoms with Crippen LogP contribution in [0.4, 0.5) is 0 Å². The molecule has 0 aromatic heterocycles. The number of allylic oxidation sites excluding steroid dienone is 1. The first-order chi connectivity index (χ1) is 8.75. The molecule has 2 aliphatic rings. The lowest BCUT2D eigenvalue weighted by Gasteiger charge is -2.23. The van der Waals surface area contributed by atoms with Crippen LogP contribution < -0.4 is 0 Å². The monoisotopic (exact) mass is 385 g/mol. The van der Waals surface area contributed by atoms with E-state index in [1.54, 1.807) is 0 Å². The molecule has 0 spiro atoms. The molecule has 6 heteroatoms. The van der Waals surface area contributed by atoms with Crippen molar-refractivity contribution < 1.29 is 14.2 Å². The van der Waals surface area contributed by atoms with Crippen LogP contribution in [-0.2, 0) is 14.2 Å². The molecule has 2 heterocycles. The molecular weight excluding hydrogens is 368 g/mol. The standard InChI is InChI=1S/C12H17ClINO3/c13-10-5-4-9(12(14)15-10)16-7-8-18-11-3-1-2-6-17-11/h4,10-11H,1-3,5-8H2. The second kappa shape index (κ2) is 7.67. The van der Waals surface area contributed by atoms with Gasteiger partial charge in [0.1, 0.15) is 21.6 Å². The maximum atomic E-state index is 5.91. The van der Waals surface area contributed by atoms with Crippen molar-refractivity contribution in [3.8, 4) is 0 Å². The van der Waals surface area contributed by atoms with Crippen LogP contribution in [0.15, 0.2) is 16.8 Å².